The van der Waals surface area contributed by atoms with E-state index in [4.69, 9.17) is 14.2 Å². The summed E-state index contributed by atoms with van der Waals surface area (Å²) in [7, 11) is 4.57. The minimum atomic E-state index is -0.622. The van der Waals surface area contributed by atoms with Crippen molar-refractivity contribution in [3.63, 3.8) is 0 Å². The summed E-state index contributed by atoms with van der Waals surface area (Å²) in [6.07, 6.45) is 0. The number of hydrogen-bond acceptors (Lipinski definition) is 7. The van der Waals surface area contributed by atoms with Crippen LogP contribution in [0.3, 0.4) is 0 Å². The summed E-state index contributed by atoms with van der Waals surface area (Å²) in [6, 6.07) is 9.51. The van der Waals surface area contributed by atoms with Gasteiger partial charge in [0.25, 0.3) is 0 Å². The van der Waals surface area contributed by atoms with Gasteiger partial charge in [0.05, 0.1) is 45.7 Å². The Morgan fingerprint density at radius 2 is 1.79 bits per heavy atom. The summed E-state index contributed by atoms with van der Waals surface area (Å²) in [5.41, 5.74) is 0.633. The van der Waals surface area contributed by atoms with Crippen LogP contribution in [0.25, 0.3) is 0 Å². The second-order valence-electron chi connectivity index (χ2n) is 5.91. The Morgan fingerprint density at radius 3 is 2.38 bits per heavy atom. The van der Waals surface area contributed by atoms with E-state index in [-0.39, 0.29) is 34.9 Å². The summed E-state index contributed by atoms with van der Waals surface area (Å²) in [6.45, 7) is 0.576. The van der Waals surface area contributed by atoms with Gasteiger partial charge in [-0.3, -0.25) is 9.79 Å². The molecular formula is C20H22BrFN2O4S. The Labute approximate surface area is 183 Å². The minimum Gasteiger partial charge on any atom is -0.497 e. The molecule has 0 saturated heterocycles. The van der Waals surface area contributed by atoms with Crippen molar-refractivity contribution in [2.45, 2.75) is 0 Å². The Hall–Kier alpha value is -2.26. The van der Waals surface area contributed by atoms with Gasteiger partial charge in [-0.25, -0.2) is 4.39 Å². The van der Waals surface area contributed by atoms with E-state index in [9.17, 15) is 9.18 Å². The van der Waals surface area contributed by atoms with E-state index < -0.39 is 5.82 Å². The van der Waals surface area contributed by atoms with Crippen molar-refractivity contribution in [3.8, 4) is 17.2 Å². The minimum absolute atomic E-state index is 0. The second-order valence-corrected chi connectivity index (χ2v) is 6.97. The number of Topliss-reactive ketones (excluding diaryl/α,β-unsaturated/α-hetero) is 1. The molecule has 0 radical (unpaired) electrons. The SMILES string of the molecule is Br.COc1ccc(C(=O)CN(C2=NCCS2)c2cc(OC)ccc2OC)c(F)c1. The number of carbonyl (C=O) groups is 1. The number of ether oxygens (including phenoxy) is 3. The number of rotatable bonds is 7. The number of hydrogen-bond donors (Lipinski definition) is 0. The maximum Gasteiger partial charge on any atom is 0.185 e. The highest BCUT2D eigenvalue weighted by Crippen LogP contribution is 2.35. The molecule has 0 aliphatic carbocycles. The maximum atomic E-state index is 14.4. The van der Waals surface area contributed by atoms with Crippen LogP contribution in [-0.2, 0) is 0 Å². The largest absolute Gasteiger partial charge is 0.497 e. The predicted octanol–water partition coefficient (Wildman–Crippen LogP) is 4.22. The first-order valence-corrected chi connectivity index (χ1v) is 9.59. The van der Waals surface area contributed by atoms with Crippen molar-refractivity contribution in [2.24, 2.45) is 4.99 Å². The first kappa shape index (κ1) is 23.0. The summed E-state index contributed by atoms with van der Waals surface area (Å²) in [4.78, 5) is 19.1. The van der Waals surface area contributed by atoms with Crippen LogP contribution in [-0.4, -0.2) is 51.1 Å². The maximum absolute atomic E-state index is 14.4. The lowest BCUT2D eigenvalue weighted by molar-refractivity contribution is 0.0998. The van der Waals surface area contributed by atoms with Crippen molar-refractivity contribution >= 4 is 45.4 Å². The van der Waals surface area contributed by atoms with E-state index in [1.807, 2.05) is 0 Å². The lowest BCUT2D eigenvalue weighted by Crippen LogP contribution is -2.34. The highest BCUT2D eigenvalue weighted by Gasteiger charge is 2.25. The van der Waals surface area contributed by atoms with Crippen molar-refractivity contribution in [1.29, 1.82) is 0 Å². The summed E-state index contributed by atoms with van der Waals surface area (Å²) in [5, 5.41) is 0.689. The van der Waals surface area contributed by atoms with Crippen LogP contribution in [0, 0.1) is 5.82 Å². The predicted molar refractivity (Wildman–Crippen MR) is 119 cm³/mol. The third-order valence-corrected chi connectivity index (χ3v) is 5.25. The highest BCUT2D eigenvalue weighted by atomic mass is 79.9. The van der Waals surface area contributed by atoms with Crippen LogP contribution in [0.2, 0.25) is 0 Å². The van der Waals surface area contributed by atoms with Gasteiger partial charge in [-0.1, -0.05) is 11.8 Å². The molecule has 0 aromatic heterocycles. The number of anilines is 1. The smallest absolute Gasteiger partial charge is 0.185 e. The molecule has 0 spiro atoms. The molecule has 2 aromatic rings. The fraction of sp³-hybridized carbons (Fsp3) is 0.300. The highest BCUT2D eigenvalue weighted by molar-refractivity contribution is 8.93. The van der Waals surface area contributed by atoms with E-state index in [1.165, 1.54) is 31.0 Å². The number of nitrogens with zero attached hydrogens (tertiary/aromatic N) is 2. The van der Waals surface area contributed by atoms with Crippen LogP contribution >= 0.6 is 28.7 Å². The first-order chi connectivity index (χ1) is 13.6. The number of benzene rings is 2. The lowest BCUT2D eigenvalue weighted by Gasteiger charge is -2.25. The molecule has 0 bridgehead atoms. The van der Waals surface area contributed by atoms with Crippen molar-refractivity contribution in [3.05, 3.63) is 47.8 Å². The van der Waals surface area contributed by atoms with Crippen LogP contribution in [0.15, 0.2) is 41.4 Å². The fourth-order valence-corrected chi connectivity index (χ4v) is 3.69. The zero-order valence-electron chi connectivity index (χ0n) is 16.3. The lowest BCUT2D eigenvalue weighted by atomic mass is 10.1. The Bertz CT molecular complexity index is 910. The number of thioether (sulfide) groups is 1. The third-order valence-electron chi connectivity index (χ3n) is 4.26. The standard InChI is InChI=1S/C20H21FN2O4S.BrH/c1-25-13-4-6-15(16(21)10-13)18(24)12-23(20-22-8-9-28-20)17-11-14(26-2)5-7-19(17)27-3;/h4-7,10-11H,8-9,12H2,1-3H3;1H. The van der Waals surface area contributed by atoms with E-state index in [2.05, 4.69) is 4.99 Å². The van der Waals surface area contributed by atoms with Crippen LogP contribution < -0.4 is 19.1 Å². The zero-order chi connectivity index (χ0) is 20.1. The van der Waals surface area contributed by atoms with Crippen molar-refractivity contribution < 1.29 is 23.4 Å². The molecule has 156 valence electrons. The van der Waals surface area contributed by atoms with E-state index in [1.54, 1.807) is 43.4 Å². The average Bonchev–Trinajstić information content (AvgIpc) is 3.25. The number of halogens is 2. The molecule has 6 nitrogen and oxygen atoms in total. The molecule has 2 aromatic carbocycles. The normalized spacial score (nSPS) is 12.6. The topological polar surface area (TPSA) is 60.4 Å². The van der Waals surface area contributed by atoms with Gasteiger partial charge in [-0.05, 0) is 24.3 Å². The van der Waals surface area contributed by atoms with E-state index >= 15 is 0 Å². The molecule has 1 aliphatic heterocycles. The molecule has 3 rings (SSSR count). The third kappa shape index (κ3) is 5.22. The molecule has 0 saturated carbocycles. The number of aliphatic imine (C=N–C) groups is 1. The first-order valence-electron chi connectivity index (χ1n) is 8.61. The van der Waals surface area contributed by atoms with Crippen LogP contribution in [0.5, 0.6) is 17.2 Å². The van der Waals surface area contributed by atoms with Gasteiger partial charge in [0.2, 0.25) is 0 Å². The molecule has 29 heavy (non-hydrogen) atoms. The quantitative estimate of drug-likeness (QED) is 0.548. The van der Waals surface area contributed by atoms with Crippen LogP contribution in [0.4, 0.5) is 10.1 Å². The summed E-state index contributed by atoms with van der Waals surface area (Å²) in [5.74, 6) is 1.37. The molecule has 0 atom stereocenters. The summed E-state index contributed by atoms with van der Waals surface area (Å²) < 4.78 is 30.2. The number of amidine groups is 1. The average molecular weight is 485 g/mol. The van der Waals surface area contributed by atoms with Gasteiger partial charge < -0.3 is 19.1 Å². The zero-order valence-corrected chi connectivity index (χ0v) is 18.8. The van der Waals surface area contributed by atoms with Gasteiger partial charge in [0, 0.05) is 17.9 Å². The Morgan fingerprint density at radius 1 is 1.10 bits per heavy atom. The molecule has 0 unspecified atom stereocenters. The Balaban J connectivity index is 0.00000300. The fourth-order valence-electron chi connectivity index (χ4n) is 2.83. The van der Waals surface area contributed by atoms with Crippen LogP contribution in [0.1, 0.15) is 10.4 Å². The molecule has 1 heterocycles. The van der Waals surface area contributed by atoms with Gasteiger partial charge in [0.15, 0.2) is 11.0 Å². The number of methoxy groups -OCH3 is 3. The molecule has 9 heteroatoms. The van der Waals surface area contributed by atoms with Crippen molar-refractivity contribution in [2.75, 3.05) is 45.1 Å². The molecular weight excluding hydrogens is 463 g/mol. The molecule has 1 aliphatic rings. The van der Waals surface area contributed by atoms with E-state index in [0.717, 1.165) is 5.75 Å². The molecule has 0 fully saturated rings. The van der Waals surface area contributed by atoms with Gasteiger partial charge in [-0.2, -0.15) is 0 Å². The molecule has 0 N–H and O–H groups in total. The number of ketones is 1. The Kier molecular flexibility index (Phi) is 8.33. The van der Waals surface area contributed by atoms with E-state index in [0.29, 0.717) is 34.6 Å². The molecule has 0 amide bonds. The second kappa shape index (κ2) is 10.5. The summed E-state index contributed by atoms with van der Waals surface area (Å²) >= 11 is 1.54. The van der Waals surface area contributed by atoms with Gasteiger partial charge >= 0.3 is 0 Å². The van der Waals surface area contributed by atoms with Gasteiger partial charge in [-0.15, -0.1) is 17.0 Å². The van der Waals surface area contributed by atoms with Gasteiger partial charge in [0.1, 0.15) is 23.1 Å². The monoisotopic (exact) mass is 484 g/mol. The number of carbonyl (C=O) groups excluding carboxylic acids is 1. The van der Waals surface area contributed by atoms with Crippen molar-refractivity contribution in [1.82, 2.24) is 0 Å².